The van der Waals surface area contributed by atoms with Gasteiger partial charge in [-0.15, -0.1) is 0 Å². The number of likely N-dealkylation sites (N-methyl/N-ethyl adjacent to an activating group) is 1. The van der Waals surface area contributed by atoms with Gasteiger partial charge in [-0.2, -0.15) is 0 Å². The first kappa shape index (κ1) is 15.1. The standard InChI is InChI=1S/C14H21F2NO/c1-3-7-18-8-6-12(17-2)9-11-4-5-13(15)14(16)10-11/h4-5,10,12,17H,3,6-9H2,1-2H3. The summed E-state index contributed by atoms with van der Waals surface area (Å²) in [6.45, 7) is 3.52. The highest BCUT2D eigenvalue weighted by Crippen LogP contribution is 2.11. The van der Waals surface area contributed by atoms with Crippen LogP contribution in [-0.4, -0.2) is 26.3 Å². The van der Waals surface area contributed by atoms with Crippen molar-refractivity contribution < 1.29 is 13.5 Å². The van der Waals surface area contributed by atoms with Crippen LogP contribution in [0.5, 0.6) is 0 Å². The minimum Gasteiger partial charge on any atom is -0.381 e. The van der Waals surface area contributed by atoms with Gasteiger partial charge in [-0.25, -0.2) is 8.78 Å². The summed E-state index contributed by atoms with van der Waals surface area (Å²) in [6.07, 6.45) is 2.53. The van der Waals surface area contributed by atoms with Crippen LogP contribution in [0.25, 0.3) is 0 Å². The predicted molar refractivity (Wildman–Crippen MR) is 68.6 cm³/mol. The van der Waals surface area contributed by atoms with E-state index in [1.807, 2.05) is 7.05 Å². The number of nitrogens with one attached hydrogen (secondary N) is 1. The molecule has 18 heavy (non-hydrogen) atoms. The van der Waals surface area contributed by atoms with Gasteiger partial charge in [-0.1, -0.05) is 13.0 Å². The molecule has 0 heterocycles. The van der Waals surface area contributed by atoms with Crippen LogP contribution in [0.2, 0.25) is 0 Å². The Kier molecular flexibility index (Phi) is 6.83. The van der Waals surface area contributed by atoms with Crippen molar-refractivity contribution in [3.8, 4) is 0 Å². The third kappa shape index (κ3) is 5.10. The third-order valence-corrected chi connectivity index (χ3v) is 2.83. The van der Waals surface area contributed by atoms with Crippen molar-refractivity contribution in [2.45, 2.75) is 32.2 Å². The Morgan fingerprint density at radius 3 is 2.61 bits per heavy atom. The lowest BCUT2D eigenvalue weighted by Gasteiger charge is -2.16. The fraction of sp³-hybridized carbons (Fsp3) is 0.571. The van der Waals surface area contributed by atoms with Gasteiger partial charge < -0.3 is 10.1 Å². The maximum Gasteiger partial charge on any atom is 0.159 e. The number of halogens is 2. The molecule has 0 aliphatic carbocycles. The van der Waals surface area contributed by atoms with Crippen LogP contribution < -0.4 is 5.32 Å². The van der Waals surface area contributed by atoms with Crippen LogP contribution in [0.4, 0.5) is 8.78 Å². The summed E-state index contributed by atoms with van der Waals surface area (Å²) in [6, 6.07) is 4.26. The molecule has 1 aromatic rings. The molecule has 2 nitrogen and oxygen atoms in total. The summed E-state index contributed by atoms with van der Waals surface area (Å²) in [4.78, 5) is 0. The van der Waals surface area contributed by atoms with Crippen LogP contribution in [0.1, 0.15) is 25.3 Å². The summed E-state index contributed by atoms with van der Waals surface area (Å²) in [5, 5.41) is 3.17. The smallest absolute Gasteiger partial charge is 0.159 e. The van der Waals surface area contributed by atoms with Crippen LogP contribution in [-0.2, 0) is 11.2 Å². The van der Waals surface area contributed by atoms with Crippen LogP contribution in [0, 0.1) is 11.6 Å². The van der Waals surface area contributed by atoms with E-state index >= 15 is 0 Å². The van der Waals surface area contributed by atoms with Crippen molar-refractivity contribution in [2.75, 3.05) is 20.3 Å². The van der Waals surface area contributed by atoms with Gasteiger partial charge in [0.15, 0.2) is 11.6 Å². The summed E-state index contributed by atoms with van der Waals surface area (Å²) >= 11 is 0. The second-order valence-corrected chi connectivity index (χ2v) is 4.34. The number of hydrogen-bond acceptors (Lipinski definition) is 2. The fourth-order valence-corrected chi connectivity index (χ4v) is 1.77. The van der Waals surface area contributed by atoms with Crippen LogP contribution in [0.3, 0.4) is 0 Å². The highest BCUT2D eigenvalue weighted by Gasteiger charge is 2.09. The molecule has 0 fully saturated rings. The number of hydrogen-bond donors (Lipinski definition) is 1. The van der Waals surface area contributed by atoms with Gasteiger partial charge in [0.25, 0.3) is 0 Å². The molecule has 1 aromatic carbocycles. The summed E-state index contributed by atoms with van der Waals surface area (Å²) < 4.78 is 31.3. The molecular weight excluding hydrogens is 236 g/mol. The SMILES string of the molecule is CCCOCCC(Cc1ccc(F)c(F)c1)NC. The molecular formula is C14H21F2NO. The van der Waals surface area contributed by atoms with E-state index in [4.69, 9.17) is 4.74 Å². The molecule has 1 N–H and O–H groups in total. The van der Waals surface area contributed by atoms with E-state index in [2.05, 4.69) is 12.2 Å². The zero-order valence-electron chi connectivity index (χ0n) is 11.0. The zero-order chi connectivity index (χ0) is 13.4. The Morgan fingerprint density at radius 2 is 2.00 bits per heavy atom. The lowest BCUT2D eigenvalue weighted by Crippen LogP contribution is -2.29. The molecule has 0 amide bonds. The van der Waals surface area contributed by atoms with Crippen LogP contribution in [0.15, 0.2) is 18.2 Å². The first-order valence-corrected chi connectivity index (χ1v) is 6.36. The fourth-order valence-electron chi connectivity index (χ4n) is 1.77. The van der Waals surface area contributed by atoms with Gasteiger partial charge in [-0.05, 0) is 44.0 Å². The molecule has 4 heteroatoms. The lowest BCUT2D eigenvalue weighted by molar-refractivity contribution is 0.125. The molecule has 1 atom stereocenters. The van der Waals surface area contributed by atoms with E-state index in [9.17, 15) is 8.78 Å². The normalized spacial score (nSPS) is 12.7. The van der Waals surface area contributed by atoms with Crippen molar-refractivity contribution in [3.05, 3.63) is 35.4 Å². The Balaban J connectivity index is 2.44. The Labute approximate surface area is 107 Å². The minimum absolute atomic E-state index is 0.215. The first-order valence-electron chi connectivity index (χ1n) is 6.36. The molecule has 0 aromatic heterocycles. The Bertz CT molecular complexity index is 358. The van der Waals surface area contributed by atoms with Crippen LogP contribution >= 0.6 is 0 Å². The van der Waals surface area contributed by atoms with Crippen molar-refractivity contribution in [1.29, 1.82) is 0 Å². The van der Waals surface area contributed by atoms with Crippen molar-refractivity contribution in [3.63, 3.8) is 0 Å². The second-order valence-electron chi connectivity index (χ2n) is 4.34. The van der Waals surface area contributed by atoms with E-state index in [0.29, 0.717) is 13.0 Å². The zero-order valence-corrected chi connectivity index (χ0v) is 11.0. The molecule has 0 radical (unpaired) electrons. The molecule has 0 aliphatic heterocycles. The molecule has 0 aliphatic rings. The maximum absolute atomic E-state index is 13.1. The highest BCUT2D eigenvalue weighted by atomic mass is 19.2. The summed E-state index contributed by atoms with van der Waals surface area (Å²) in [5.41, 5.74) is 0.795. The van der Waals surface area contributed by atoms with Gasteiger partial charge in [0.1, 0.15) is 0 Å². The average molecular weight is 257 g/mol. The van der Waals surface area contributed by atoms with Gasteiger partial charge in [-0.3, -0.25) is 0 Å². The number of rotatable bonds is 8. The van der Waals surface area contributed by atoms with E-state index in [-0.39, 0.29) is 6.04 Å². The topological polar surface area (TPSA) is 21.3 Å². The van der Waals surface area contributed by atoms with Crippen molar-refractivity contribution >= 4 is 0 Å². The largest absolute Gasteiger partial charge is 0.381 e. The van der Waals surface area contributed by atoms with Gasteiger partial charge >= 0.3 is 0 Å². The van der Waals surface area contributed by atoms with E-state index in [1.54, 1.807) is 6.07 Å². The quantitative estimate of drug-likeness (QED) is 0.723. The Morgan fingerprint density at radius 1 is 1.22 bits per heavy atom. The lowest BCUT2D eigenvalue weighted by atomic mass is 10.0. The number of benzene rings is 1. The van der Waals surface area contributed by atoms with Crippen molar-refractivity contribution in [1.82, 2.24) is 5.32 Å². The summed E-state index contributed by atoms with van der Waals surface area (Å²) in [7, 11) is 1.87. The van der Waals surface area contributed by atoms with Gasteiger partial charge in [0, 0.05) is 19.3 Å². The highest BCUT2D eigenvalue weighted by molar-refractivity contribution is 5.18. The van der Waals surface area contributed by atoms with E-state index < -0.39 is 11.6 Å². The summed E-state index contributed by atoms with van der Waals surface area (Å²) in [5.74, 6) is -1.59. The molecule has 0 saturated heterocycles. The molecule has 1 rings (SSSR count). The number of ether oxygens (including phenoxy) is 1. The molecule has 102 valence electrons. The first-order chi connectivity index (χ1) is 8.67. The molecule has 1 unspecified atom stereocenters. The third-order valence-electron chi connectivity index (χ3n) is 2.83. The predicted octanol–water partition coefficient (Wildman–Crippen LogP) is 2.91. The van der Waals surface area contributed by atoms with Crippen molar-refractivity contribution in [2.24, 2.45) is 0 Å². The van der Waals surface area contributed by atoms with E-state index in [1.165, 1.54) is 12.1 Å². The molecule has 0 bridgehead atoms. The molecule has 0 saturated carbocycles. The van der Waals surface area contributed by atoms with Gasteiger partial charge in [0.05, 0.1) is 0 Å². The van der Waals surface area contributed by atoms with E-state index in [0.717, 1.165) is 25.0 Å². The second kappa shape index (κ2) is 8.16. The van der Waals surface area contributed by atoms with Gasteiger partial charge in [0.2, 0.25) is 0 Å². The average Bonchev–Trinajstić information content (AvgIpc) is 2.37. The monoisotopic (exact) mass is 257 g/mol. The maximum atomic E-state index is 13.1. The Hall–Kier alpha value is -1.00. The molecule has 0 spiro atoms. The minimum atomic E-state index is -0.800.